The van der Waals surface area contributed by atoms with Crippen LogP contribution in [0, 0.1) is 11.8 Å². The summed E-state index contributed by atoms with van der Waals surface area (Å²) in [4.78, 5) is 51.5. The third kappa shape index (κ3) is 6.85. The molecule has 0 radical (unpaired) electrons. The molecule has 2 unspecified atom stereocenters. The molecule has 0 saturated heterocycles. The van der Waals surface area contributed by atoms with E-state index in [1.165, 1.54) is 24.5 Å². The average molecular weight is 761 g/mol. The summed E-state index contributed by atoms with van der Waals surface area (Å²) < 4.78 is 130. The van der Waals surface area contributed by atoms with Crippen LogP contribution in [0.5, 0.6) is 0 Å². The van der Waals surface area contributed by atoms with Crippen LogP contribution in [0.1, 0.15) is 95.0 Å². The molecule has 0 fully saturated rings. The fourth-order valence-corrected chi connectivity index (χ4v) is 8.75. The summed E-state index contributed by atoms with van der Waals surface area (Å²) in [5, 5.41) is 1.34. The number of halogens is 8. The van der Waals surface area contributed by atoms with Gasteiger partial charge in [-0.3, -0.25) is 9.59 Å². The summed E-state index contributed by atoms with van der Waals surface area (Å²) >= 11 is 1.16. The Kier molecular flexibility index (Phi) is 11.7. The minimum Gasteiger partial charge on any atom is -0.462 e. The third-order valence-electron chi connectivity index (χ3n) is 9.06. The van der Waals surface area contributed by atoms with Crippen molar-refractivity contribution < 1.29 is 63.8 Å². The maximum atomic E-state index is 15.1. The standard InChI is InChI=1S/C32H36F8N2O6S2/c1-5-15-9-11-17-19(13-15)49-23(21(17)25(43)47-7-3)41-27(45)29(33,34)31(37,38)32(39,40)30(35,36)28(46)42-24-22(26(44)48-8-4)18-12-10-16(6-2)14-20(18)50-24/h15-16H,5-14H2,1-4H3,(H,41,45)(H,42,46). The molecule has 2 aromatic heterocycles. The summed E-state index contributed by atoms with van der Waals surface area (Å²) in [6.45, 7) is 6.21. The van der Waals surface area contributed by atoms with E-state index in [1.807, 2.05) is 13.8 Å². The normalized spacial score (nSPS) is 18.2. The number of fused-ring (bicyclic) bond motifs is 2. The van der Waals surface area contributed by atoms with E-state index in [0.29, 0.717) is 82.1 Å². The van der Waals surface area contributed by atoms with Gasteiger partial charge in [0.1, 0.15) is 10.0 Å². The van der Waals surface area contributed by atoms with Crippen LogP contribution in [0.25, 0.3) is 0 Å². The number of rotatable bonds is 13. The Bertz CT molecular complexity index is 1520. The van der Waals surface area contributed by atoms with Crippen LogP contribution in [-0.2, 0) is 44.7 Å². The summed E-state index contributed by atoms with van der Waals surface area (Å²) in [7, 11) is 0. The lowest BCUT2D eigenvalue weighted by Gasteiger charge is -2.35. The number of alkyl halides is 8. The number of hydrogen-bond acceptors (Lipinski definition) is 8. The van der Waals surface area contributed by atoms with Crippen LogP contribution in [0.2, 0.25) is 0 Å². The van der Waals surface area contributed by atoms with E-state index in [2.05, 4.69) is 0 Å². The number of carbonyl (C=O) groups excluding carboxylic acids is 4. The van der Waals surface area contributed by atoms with Gasteiger partial charge in [0.15, 0.2) is 0 Å². The van der Waals surface area contributed by atoms with Crippen molar-refractivity contribution in [2.45, 2.75) is 103 Å². The molecule has 2 N–H and O–H groups in total. The minimum atomic E-state index is -7.16. The average Bonchev–Trinajstić information content (AvgIpc) is 3.60. The first-order valence-electron chi connectivity index (χ1n) is 16.1. The van der Waals surface area contributed by atoms with Crippen LogP contribution in [0.15, 0.2) is 0 Å². The number of anilines is 2. The number of carbonyl (C=O) groups is 4. The zero-order valence-electron chi connectivity index (χ0n) is 27.5. The van der Waals surface area contributed by atoms with Gasteiger partial charge in [-0.05, 0) is 75.3 Å². The van der Waals surface area contributed by atoms with Crippen LogP contribution < -0.4 is 10.6 Å². The topological polar surface area (TPSA) is 111 Å². The summed E-state index contributed by atoms with van der Waals surface area (Å²) in [6.07, 6.45) is 3.69. The molecule has 0 saturated carbocycles. The molecule has 0 aromatic carbocycles. The van der Waals surface area contributed by atoms with E-state index >= 15 is 35.1 Å². The van der Waals surface area contributed by atoms with Gasteiger partial charge in [0.2, 0.25) is 0 Å². The molecule has 2 aliphatic rings. The first kappa shape index (κ1) is 39.5. The SMILES string of the molecule is CCOC(=O)c1c(NC(=O)C(F)(F)C(F)(F)C(F)(F)C(F)(F)C(=O)Nc2sc3c(c2C(=O)OCC)CCC(CC)C3)sc2c1CCC(CC)C2. The van der Waals surface area contributed by atoms with Crippen molar-refractivity contribution >= 4 is 56.4 Å². The molecule has 8 nitrogen and oxygen atoms in total. The van der Waals surface area contributed by atoms with Crippen LogP contribution in [-0.4, -0.2) is 60.7 Å². The molecule has 2 aromatic rings. The van der Waals surface area contributed by atoms with Gasteiger partial charge in [0.05, 0.1) is 24.3 Å². The zero-order chi connectivity index (χ0) is 37.4. The molecule has 2 heterocycles. The highest BCUT2D eigenvalue weighted by Crippen LogP contribution is 2.54. The Labute approximate surface area is 290 Å². The Morgan fingerprint density at radius 3 is 1.28 bits per heavy atom. The molecule has 2 aliphatic carbocycles. The predicted molar refractivity (Wildman–Crippen MR) is 169 cm³/mol. The lowest BCUT2D eigenvalue weighted by Crippen LogP contribution is -2.67. The van der Waals surface area contributed by atoms with Crippen molar-refractivity contribution in [1.29, 1.82) is 0 Å². The van der Waals surface area contributed by atoms with Crippen molar-refractivity contribution in [3.8, 4) is 0 Å². The smallest absolute Gasteiger partial charge is 0.393 e. The van der Waals surface area contributed by atoms with Gasteiger partial charge in [0.25, 0.3) is 0 Å². The molecule has 0 spiro atoms. The second-order valence-corrected chi connectivity index (χ2v) is 14.3. The molecule has 18 heteroatoms. The van der Waals surface area contributed by atoms with Crippen LogP contribution in [0.3, 0.4) is 0 Å². The van der Waals surface area contributed by atoms with Gasteiger partial charge in [-0.15, -0.1) is 22.7 Å². The van der Waals surface area contributed by atoms with Gasteiger partial charge in [0, 0.05) is 9.75 Å². The van der Waals surface area contributed by atoms with E-state index in [-0.39, 0.29) is 37.9 Å². The summed E-state index contributed by atoms with van der Waals surface area (Å²) in [5.74, 6) is -35.6. The molecular formula is C32H36F8N2O6S2. The first-order valence-corrected chi connectivity index (χ1v) is 17.7. The molecular weight excluding hydrogens is 724 g/mol. The maximum Gasteiger partial charge on any atom is 0.393 e. The fraction of sp³-hybridized carbons (Fsp3) is 0.625. The summed E-state index contributed by atoms with van der Waals surface area (Å²) in [5.41, 5.74) is -0.238. The molecule has 4 rings (SSSR count). The minimum absolute atomic E-state index is 0.110. The van der Waals surface area contributed by atoms with Crippen molar-refractivity contribution in [2.75, 3.05) is 23.8 Å². The molecule has 50 heavy (non-hydrogen) atoms. The molecule has 278 valence electrons. The molecule has 0 aliphatic heterocycles. The molecule has 0 bridgehead atoms. The maximum absolute atomic E-state index is 15.1. The Morgan fingerprint density at radius 2 is 0.980 bits per heavy atom. The number of amides is 2. The van der Waals surface area contributed by atoms with Gasteiger partial charge >= 0.3 is 47.4 Å². The Morgan fingerprint density at radius 1 is 0.640 bits per heavy atom. The van der Waals surface area contributed by atoms with Crippen LogP contribution in [0.4, 0.5) is 45.1 Å². The highest BCUT2D eigenvalue weighted by Gasteiger charge is 2.84. The Balaban J connectivity index is 1.64. The Hall–Kier alpha value is -3.28. The fourth-order valence-electron chi connectivity index (χ4n) is 6.06. The van der Waals surface area contributed by atoms with Gasteiger partial charge in [-0.25, -0.2) is 9.59 Å². The highest BCUT2D eigenvalue weighted by molar-refractivity contribution is 7.17. The van der Waals surface area contributed by atoms with Crippen molar-refractivity contribution in [1.82, 2.24) is 0 Å². The summed E-state index contributed by atoms with van der Waals surface area (Å²) in [6, 6.07) is 0. The van der Waals surface area contributed by atoms with E-state index in [0.717, 1.165) is 0 Å². The van der Waals surface area contributed by atoms with Crippen molar-refractivity contribution in [3.05, 3.63) is 32.0 Å². The molecule has 2 atom stereocenters. The lowest BCUT2D eigenvalue weighted by atomic mass is 9.85. The lowest BCUT2D eigenvalue weighted by molar-refractivity contribution is -0.345. The second-order valence-electron chi connectivity index (χ2n) is 12.1. The third-order valence-corrected chi connectivity index (χ3v) is 11.4. The van der Waals surface area contributed by atoms with E-state index < -0.39 is 68.6 Å². The number of thiophene rings is 2. The highest BCUT2D eigenvalue weighted by atomic mass is 32.1. The second kappa shape index (κ2) is 14.8. The van der Waals surface area contributed by atoms with Gasteiger partial charge in [-0.2, -0.15) is 35.1 Å². The van der Waals surface area contributed by atoms with Gasteiger partial charge in [-0.1, -0.05) is 26.7 Å². The number of ether oxygens (including phenoxy) is 2. The van der Waals surface area contributed by atoms with Crippen molar-refractivity contribution in [3.63, 3.8) is 0 Å². The van der Waals surface area contributed by atoms with E-state index in [1.54, 1.807) is 0 Å². The van der Waals surface area contributed by atoms with Crippen LogP contribution >= 0.6 is 22.7 Å². The van der Waals surface area contributed by atoms with Gasteiger partial charge < -0.3 is 20.1 Å². The quantitative estimate of drug-likeness (QED) is 0.157. The number of nitrogens with one attached hydrogen (secondary N) is 2. The zero-order valence-corrected chi connectivity index (χ0v) is 29.1. The van der Waals surface area contributed by atoms with Crippen molar-refractivity contribution in [2.24, 2.45) is 11.8 Å². The molecule has 2 amide bonds. The first-order chi connectivity index (χ1) is 23.3. The number of hydrogen-bond donors (Lipinski definition) is 2. The number of esters is 2. The largest absolute Gasteiger partial charge is 0.462 e. The predicted octanol–water partition coefficient (Wildman–Crippen LogP) is 8.31. The van der Waals surface area contributed by atoms with E-state index in [4.69, 9.17) is 9.47 Å². The van der Waals surface area contributed by atoms with E-state index in [9.17, 15) is 19.2 Å². The monoisotopic (exact) mass is 760 g/mol.